The number of aromatic nitrogens is 1. The van der Waals surface area contributed by atoms with Crippen LogP contribution in [-0.2, 0) is 9.53 Å². The monoisotopic (exact) mass is 319 g/mol. The first-order valence-corrected chi connectivity index (χ1v) is 8.38. The Labute approximate surface area is 136 Å². The summed E-state index contributed by atoms with van der Waals surface area (Å²) in [6, 6.07) is 3.64. The Morgan fingerprint density at radius 2 is 2.22 bits per heavy atom. The molecule has 126 valence electrons. The molecule has 2 aliphatic rings. The number of hydrogen-bond donors (Lipinski definition) is 1. The number of likely N-dealkylation sites (tertiary alicyclic amines) is 2. The predicted octanol–water partition coefficient (Wildman–Crippen LogP) is 1.65. The minimum atomic E-state index is -0.214. The molecule has 1 atom stereocenters. The minimum Gasteiger partial charge on any atom is -0.383 e. The van der Waals surface area contributed by atoms with E-state index in [0.29, 0.717) is 31.8 Å². The van der Waals surface area contributed by atoms with E-state index in [0.717, 1.165) is 32.2 Å². The van der Waals surface area contributed by atoms with E-state index in [4.69, 9.17) is 4.74 Å². The van der Waals surface area contributed by atoms with Crippen LogP contribution in [0.1, 0.15) is 42.6 Å². The third-order valence-electron chi connectivity index (χ3n) is 5.10. The highest BCUT2D eigenvalue weighted by Crippen LogP contribution is 2.36. The van der Waals surface area contributed by atoms with Gasteiger partial charge in [0.15, 0.2) is 0 Å². The summed E-state index contributed by atoms with van der Waals surface area (Å²) >= 11 is 0. The maximum atomic E-state index is 12.7. The lowest BCUT2D eigenvalue weighted by Gasteiger charge is -2.52. The normalized spacial score (nSPS) is 25.2. The molecule has 6 heteroatoms. The average Bonchev–Trinajstić information content (AvgIpc) is 3.08. The molecule has 0 aromatic carbocycles. The highest BCUT2D eigenvalue weighted by molar-refractivity contribution is 5.92. The molecule has 1 aromatic heterocycles. The zero-order valence-electron chi connectivity index (χ0n) is 13.7. The van der Waals surface area contributed by atoms with Crippen LogP contribution in [0.2, 0.25) is 0 Å². The van der Waals surface area contributed by atoms with Gasteiger partial charge in [0.1, 0.15) is 5.69 Å². The summed E-state index contributed by atoms with van der Waals surface area (Å²) in [7, 11) is 1.66. The predicted molar refractivity (Wildman–Crippen MR) is 86.1 cm³/mol. The lowest BCUT2D eigenvalue weighted by molar-refractivity contribution is -0.146. The van der Waals surface area contributed by atoms with E-state index in [-0.39, 0.29) is 17.4 Å². The van der Waals surface area contributed by atoms with E-state index in [1.165, 1.54) is 0 Å². The van der Waals surface area contributed by atoms with Crippen LogP contribution in [0, 0.1) is 0 Å². The second-order valence-electron chi connectivity index (χ2n) is 6.53. The van der Waals surface area contributed by atoms with Crippen LogP contribution in [0.15, 0.2) is 18.3 Å². The highest BCUT2D eigenvalue weighted by Gasteiger charge is 2.45. The van der Waals surface area contributed by atoms with E-state index in [2.05, 4.69) is 4.98 Å². The van der Waals surface area contributed by atoms with Gasteiger partial charge in [0.05, 0.1) is 12.1 Å². The first-order chi connectivity index (χ1) is 11.2. The van der Waals surface area contributed by atoms with Gasteiger partial charge in [-0.2, -0.15) is 0 Å². The average molecular weight is 319 g/mol. The summed E-state index contributed by atoms with van der Waals surface area (Å²) in [4.78, 5) is 32.0. The second kappa shape index (κ2) is 6.74. The third kappa shape index (κ3) is 3.13. The van der Waals surface area contributed by atoms with Crippen molar-refractivity contribution in [1.29, 1.82) is 0 Å². The van der Waals surface area contributed by atoms with Gasteiger partial charge in [0.25, 0.3) is 5.91 Å². The smallest absolute Gasteiger partial charge is 0.270 e. The SMILES string of the molecule is COCCN1C(=O)CCCC12CCCN(C(=O)c1ccc[nH]1)C2. The lowest BCUT2D eigenvalue weighted by atomic mass is 9.79. The number of ether oxygens (including phenoxy) is 1. The molecule has 2 aliphatic heterocycles. The van der Waals surface area contributed by atoms with Gasteiger partial charge >= 0.3 is 0 Å². The number of aromatic amines is 1. The molecular formula is C17H25N3O3. The van der Waals surface area contributed by atoms with Crippen LogP contribution in [0.4, 0.5) is 0 Å². The Bertz CT molecular complexity index is 553. The molecule has 0 saturated carbocycles. The molecule has 1 N–H and O–H groups in total. The van der Waals surface area contributed by atoms with Gasteiger partial charge in [0.2, 0.25) is 5.91 Å². The molecule has 0 aliphatic carbocycles. The van der Waals surface area contributed by atoms with Gasteiger partial charge in [-0.1, -0.05) is 0 Å². The molecule has 1 aromatic rings. The van der Waals surface area contributed by atoms with Gasteiger partial charge in [-0.15, -0.1) is 0 Å². The van der Waals surface area contributed by atoms with Crippen LogP contribution < -0.4 is 0 Å². The summed E-state index contributed by atoms with van der Waals surface area (Å²) in [5.41, 5.74) is 0.404. The minimum absolute atomic E-state index is 0.0267. The second-order valence-corrected chi connectivity index (χ2v) is 6.53. The van der Waals surface area contributed by atoms with Gasteiger partial charge in [-0.25, -0.2) is 0 Å². The van der Waals surface area contributed by atoms with Crippen molar-refractivity contribution in [3.05, 3.63) is 24.0 Å². The summed E-state index contributed by atoms with van der Waals surface area (Å²) in [6.07, 6.45) is 6.15. The summed E-state index contributed by atoms with van der Waals surface area (Å²) in [5, 5.41) is 0. The Hall–Kier alpha value is -1.82. The quantitative estimate of drug-likeness (QED) is 0.917. The number of hydrogen-bond acceptors (Lipinski definition) is 3. The highest BCUT2D eigenvalue weighted by atomic mass is 16.5. The molecule has 23 heavy (non-hydrogen) atoms. The van der Waals surface area contributed by atoms with E-state index >= 15 is 0 Å². The largest absolute Gasteiger partial charge is 0.383 e. The Balaban J connectivity index is 1.79. The number of piperidine rings is 2. The number of carbonyl (C=O) groups is 2. The van der Waals surface area contributed by atoms with Crippen LogP contribution in [0.3, 0.4) is 0 Å². The summed E-state index contributed by atoms with van der Waals surface area (Å²) in [6.45, 7) is 2.53. The van der Waals surface area contributed by atoms with Crippen LogP contribution in [-0.4, -0.2) is 65.5 Å². The Morgan fingerprint density at radius 1 is 1.39 bits per heavy atom. The fraction of sp³-hybridized carbons (Fsp3) is 0.647. The number of amides is 2. The standard InChI is InChI=1S/C17H25N3O3/c1-23-12-11-20-15(21)6-2-7-17(20)8-4-10-19(13-17)16(22)14-5-3-9-18-14/h3,5,9,18H,2,4,6-8,10-13H2,1H3. The van der Waals surface area contributed by atoms with Crippen molar-refractivity contribution in [1.82, 2.24) is 14.8 Å². The molecule has 3 rings (SSSR count). The van der Waals surface area contributed by atoms with Crippen molar-refractivity contribution >= 4 is 11.8 Å². The van der Waals surface area contributed by atoms with E-state index in [9.17, 15) is 9.59 Å². The van der Waals surface area contributed by atoms with Crippen molar-refractivity contribution in [2.75, 3.05) is 33.4 Å². The van der Waals surface area contributed by atoms with Crippen molar-refractivity contribution in [2.45, 2.75) is 37.6 Å². The zero-order valence-corrected chi connectivity index (χ0v) is 13.7. The van der Waals surface area contributed by atoms with Gasteiger partial charge < -0.3 is 19.5 Å². The first kappa shape index (κ1) is 16.1. The fourth-order valence-corrected chi connectivity index (χ4v) is 3.99. The lowest BCUT2D eigenvalue weighted by Crippen LogP contribution is -2.63. The van der Waals surface area contributed by atoms with Crippen molar-refractivity contribution in [2.24, 2.45) is 0 Å². The number of methoxy groups -OCH3 is 1. The Kier molecular flexibility index (Phi) is 4.71. The van der Waals surface area contributed by atoms with Gasteiger partial charge in [0, 0.05) is 39.4 Å². The van der Waals surface area contributed by atoms with Crippen LogP contribution in [0.5, 0.6) is 0 Å². The first-order valence-electron chi connectivity index (χ1n) is 8.38. The van der Waals surface area contributed by atoms with Crippen LogP contribution in [0.25, 0.3) is 0 Å². The summed E-state index contributed by atoms with van der Waals surface area (Å²) in [5.74, 6) is 0.223. The molecule has 0 bridgehead atoms. The van der Waals surface area contributed by atoms with E-state index in [1.807, 2.05) is 15.9 Å². The van der Waals surface area contributed by atoms with Crippen molar-refractivity contribution < 1.29 is 14.3 Å². The number of nitrogens with one attached hydrogen (secondary N) is 1. The molecule has 3 heterocycles. The molecule has 2 amide bonds. The van der Waals surface area contributed by atoms with Gasteiger partial charge in [-0.05, 0) is 37.8 Å². The molecule has 0 radical (unpaired) electrons. The molecule has 1 unspecified atom stereocenters. The maximum absolute atomic E-state index is 12.7. The molecule has 6 nitrogen and oxygen atoms in total. The summed E-state index contributed by atoms with van der Waals surface area (Å²) < 4.78 is 5.18. The van der Waals surface area contributed by atoms with Crippen molar-refractivity contribution in [3.8, 4) is 0 Å². The van der Waals surface area contributed by atoms with E-state index < -0.39 is 0 Å². The third-order valence-corrected chi connectivity index (χ3v) is 5.10. The molecular weight excluding hydrogens is 294 g/mol. The molecule has 1 spiro atoms. The topological polar surface area (TPSA) is 65.6 Å². The number of carbonyl (C=O) groups excluding carboxylic acids is 2. The van der Waals surface area contributed by atoms with Crippen LogP contribution >= 0.6 is 0 Å². The number of H-pyrrole nitrogens is 1. The molecule has 2 saturated heterocycles. The van der Waals surface area contributed by atoms with Gasteiger partial charge in [-0.3, -0.25) is 9.59 Å². The maximum Gasteiger partial charge on any atom is 0.270 e. The van der Waals surface area contributed by atoms with E-state index in [1.54, 1.807) is 19.4 Å². The Morgan fingerprint density at radius 3 is 2.96 bits per heavy atom. The zero-order chi connectivity index (χ0) is 16.3. The number of rotatable bonds is 4. The number of nitrogens with zero attached hydrogens (tertiary/aromatic N) is 2. The fourth-order valence-electron chi connectivity index (χ4n) is 3.99. The van der Waals surface area contributed by atoms with Crippen molar-refractivity contribution in [3.63, 3.8) is 0 Å². The molecule has 2 fully saturated rings.